The molecule has 23 heavy (non-hydrogen) atoms. The van der Waals surface area contributed by atoms with Crippen LogP contribution in [0.5, 0.6) is 5.75 Å². The average molecular weight is 311 g/mol. The van der Waals surface area contributed by atoms with Gasteiger partial charge in [-0.25, -0.2) is 0 Å². The first kappa shape index (κ1) is 15.6. The van der Waals surface area contributed by atoms with Crippen LogP contribution in [0.25, 0.3) is 0 Å². The van der Waals surface area contributed by atoms with E-state index in [0.29, 0.717) is 30.3 Å². The summed E-state index contributed by atoms with van der Waals surface area (Å²) in [5, 5.41) is 10.4. The molecule has 0 aliphatic carbocycles. The Labute approximate surface area is 136 Å². The van der Waals surface area contributed by atoms with Gasteiger partial charge in [0, 0.05) is 19.0 Å². The largest absolute Gasteiger partial charge is 0.497 e. The van der Waals surface area contributed by atoms with Gasteiger partial charge in [0.05, 0.1) is 7.11 Å². The molecule has 1 amide bonds. The zero-order valence-corrected chi connectivity index (χ0v) is 13.2. The Bertz CT molecular complexity index is 671. The van der Waals surface area contributed by atoms with Gasteiger partial charge in [-0.1, -0.05) is 42.5 Å². The van der Waals surface area contributed by atoms with Crippen molar-refractivity contribution in [3.05, 3.63) is 65.7 Å². The lowest BCUT2D eigenvalue weighted by atomic mass is 9.99. The van der Waals surface area contributed by atoms with E-state index in [1.807, 2.05) is 18.2 Å². The third-order valence-electron chi connectivity index (χ3n) is 4.41. The first-order valence-corrected chi connectivity index (χ1v) is 7.85. The highest BCUT2D eigenvalue weighted by molar-refractivity contribution is 5.82. The molecule has 0 aromatic heterocycles. The fraction of sp³-hybridized carbons (Fsp3) is 0.316. The quantitative estimate of drug-likeness (QED) is 0.944. The smallest absolute Gasteiger partial charge is 0.256 e. The van der Waals surface area contributed by atoms with Gasteiger partial charge in [0.1, 0.15) is 5.75 Å². The predicted molar refractivity (Wildman–Crippen MR) is 88.3 cm³/mol. The number of hydrogen-bond acceptors (Lipinski definition) is 3. The highest BCUT2D eigenvalue weighted by Crippen LogP contribution is 2.29. The number of methoxy groups -OCH3 is 1. The van der Waals surface area contributed by atoms with E-state index >= 15 is 0 Å². The molecule has 3 rings (SSSR count). The summed E-state index contributed by atoms with van der Waals surface area (Å²) < 4.78 is 5.15. The van der Waals surface area contributed by atoms with Crippen LogP contribution in [-0.4, -0.2) is 36.1 Å². The van der Waals surface area contributed by atoms with Gasteiger partial charge in [-0.2, -0.15) is 0 Å². The minimum Gasteiger partial charge on any atom is -0.497 e. The molecule has 4 nitrogen and oxygen atoms in total. The molecule has 1 fully saturated rings. The van der Waals surface area contributed by atoms with Crippen LogP contribution in [0.15, 0.2) is 54.6 Å². The minimum atomic E-state index is -1.14. The van der Waals surface area contributed by atoms with Crippen LogP contribution >= 0.6 is 0 Å². The van der Waals surface area contributed by atoms with Crippen LogP contribution in [0.4, 0.5) is 0 Å². The maximum Gasteiger partial charge on any atom is 0.256 e. The number of ether oxygens (including phenoxy) is 1. The molecular weight excluding hydrogens is 290 g/mol. The monoisotopic (exact) mass is 311 g/mol. The Balaban J connectivity index is 1.68. The summed E-state index contributed by atoms with van der Waals surface area (Å²) in [7, 11) is 1.57. The summed E-state index contributed by atoms with van der Waals surface area (Å²) in [6.07, 6.45) is -0.208. The van der Waals surface area contributed by atoms with Crippen molar-refractivity contribution in [3.63, 3.8) is 0 Å². The van der Waals surface area contributed by atoms with E-state index in [9.17, 15) is 9.90 Å². The number of rotatable bonds is 4. The number of carbonyl (C=O) groups excluding carboxylic acids is 1. The van der Waals surface area contributed by atoms with Crippen molar-refractivity contribution in [2.75, 3.05) is 20.2 Å². The van der Waals surface area contributed by atoms with E-state index < -0.39 is 6.10 Å². The van der Waals surface area contributed by atoms with E-state index in [-0.39, 0.29) is 5.91 Å². The summed E-state index contributed by atoms with van der Waals surface area (Å²) in [6.45, 7) is 1.34. The van der Waals surface area contributed by atoms with Gasteiger partial charge < -0.3 is 14.7 Å². The lowest BCUT2D eigenvalue weighted by Crippen LogP contribution is -2.33. The van der Waals surface area contributed by atoms with Crippen molar-refractivity contribution in [1.29, 1.82) is 0 Å². The number of likely N-dealkylation sites (tertiary alicyclic amines) is 1. The van der Waals surface area contributed by atoms with Crippen LogP contribution in [0.2, 0.25) is 0 Å². The zero-order chi connectivity index (χ0) is 16.2. The Morgan fingerprint density at radius 3 is 2.74 bits per heavy atom. The van der Waals surface area contributed by atoms with E-state index in [0.717, 1.165) is 6.42 Å². The number of amides is 1. The van der Waals surface area contributed by atoms with Crippen molar-refractivity contribution in [1.82, 2.24) is 4.90 Å². The van der Waals surface area contributed by atoms with Crippen molar-refractivity contribution in [3.8, 4) is 5.75 Å². The average Bonchev–Trinajstić information content (AvgIpc) is 3.11. The fourth-order valence-electron chi connectivity index (χ4n) is 3.08. The Morgan fingerprint density at radius 1 is 1.22 bits per heavy atom. The van der Waals surface area contributed by atoms with E-state index in [1.165, 1.54) is 5.56 Å². The molecule has 1 saturated heterocycles. The molecule has 0 radical (unpaired) electrons. The van der Waals surface area contributed by atoms with Gasteiger partial charge in [-0.3, -0.25) is 4.79 Å². The Hall–Kier alpha value is -2.33. The maximum absolute atomic E-state index is 12.6. The van der Waals surface area contributed by atoms with Crippen LogP contribution in [0.3, 0.4) is 0 Å². The molecule has 0 bridgehead atoms. The number of carbonyl (C=O) groups is 1. The normalized spacial score (nSPS) is 18.7. The number of hydrogen-bond donors (Lipinski definition) is 1. The summed E-state index contributed by atoms with van der Waals surface area (Å²) in [4.78, 5) is 14.3. The first-order chi connectivity index (χ1) is 11.2. The Morgan fingerprint density at radius 2 is 2.00 bits per heavy atom. The van der Waals surface area contributed by atoms with Crippen molar-refractivity contribution in [2.45, 2.75) is 18.4 Å². The number of nitrogens with zero attached hydrogens (tertiary/aromatic N) is 1. The van der Waals surface area contributed by atoms with Crippen molar-refractivity contribution in [2.24, 2.45) is 0 Å². The number of aliphatic hydroxyl groups excluding tert-OH is 1. The zero-order valence-electron chi connectivity index (χ0n) is 13.2. The maximum atomic E-state index is 12.6. The van der Waals surface area contributed by atoms with Crippen molar-refractivity contribution >= 4 is 5.91 Å². The van der Waals surface area contributed by atoms with Gasteiger partial charge in [0.25, 0.3) is 5.91 Å². The minimum absolute atomic E-state index is 0.239. The van der Waals surface area contributed by atoms with Gasteiger partial charge in [0.2, 0.25) is 0 Å². The van der Waals surface area contributed by atoms with Gasteiger partial charge in [-0.15, -0.1) is 0 Å². The van der Waals surface area contributed by atoms with Crippen molar-refractivity contribution < 1.29 is 14.6 Å². The molecule has 1 N–H and O–H groups in total. The lowest BCUT2D eigenvalue weighted by Gasteiger charge is -2.21. The molecule has 1 heterocycles. The summed E-state index contributed by atoms with van der Waals surface area (Å²) in [6, 6.07) is 17.2. The number of benzene rings is 2. The topological polar surface area (TPSA) is 49.8 Å². The molecule has 2 aromatic carbocycles. The summed E-state index contributed by atoms with van der Waals surface area (Å²) >= 11 is 0. The standard InChI is InChI=1S/C19H21NO3/c1-23-17-9-5-8-15(12-17)18(21)19(22)20-11-10-16(13-20)14-6-3-2-4-7-14/h2-9,12,16,18,21H,10-11,13H2,1H3. The van der Waals surface area contributed by atoms with E-state index in [2.05, 4.69) is 12.1 Å². The summed E-state index contributed by atoms with van der Waals surface area (Å²) in [5.74, 6) is 0.743. The third-order valence-corrected chi connectivity index (χ3v) is 4.41. The van der Waals surface area contributed by atoms with Gasteiger partial charge >= 0.3 is 0 Å². The molecule has 120 valence electrons. The molecule has 4 heteroatoms. The molecule has 0 saturated carbocycles. The van der Waals surface area contributed by atoms with Crippen LogP contribution in [-0.2, 0) is 4.79 Å². The van der Waals surface area contributed by atoms with Crippen LogP contribution < -0.4 is 4.74 Å². The second-order valence-corrected chi connectivity index (χ2v) is 5.86. The molecule has 1 aliphatic heterocycles. The summed E-state index contributed by atoms with van der Waals surface area (Å²) in [5.41, 5.74) is 1.82. The first-order valence-electron chi connectivity index (χ1n) is 7.85. The molecule has 2 aromatic rings. The van der Waals surface area contributed by atoms with Gasteiger partial charge in [-0.05, 0) is 29.7 Å². The van der Waals surface area contributed by atoms with E-state index in [1.54, 1.807) is 36.3 Å². The van der Waals surface area contributed by atoms with Gasteiger partial charge in [0.15, 0.2) is 6.10 Å². The molecular formula is C19H21NO3. The third kappa shape index (κ3) is 3.37. The predicted octanol–water partition coefficient (Wildman–Crippen LogP) is 2.74. The van der Waals surface area contributed by atoms with Crippen LogP contribution in [0, 0.1) is 0 Å². The van der Waals surface area contributed by atoms with Crippen LogP contribution in [0.1, 0.15) is 29.6 Å². The molecule has 2 unspecified atom stereocenters. The Kier molecular flexibility index (Phi) is 4.63. The SMILES string of the molecule is COc1cccc(C(O)C(=O)N2CCC(c3ccccc3)C2)c1. The molecule has 0 spiro atoms. The molecule has 2 atom stereocenters. The molecule has 1 aliphatic rings. The fourth-order valence-corrected chi connectivity index (χ4v) is 3.08. The van der Waals surface area contributed by atoms with E-state index in [4.69, 9.17) is 4.74 Å². The second kappa shape index (κ2) is 6.84. The highest BCUT2D eigenvalue weighted by atomic mass is 16.5. The number of aliphatic hydroxyl groups is 1. The highest BCUT2D eigenvalue weighted by Gasteiger charge is 2.31. The lowest BCUT2D eigenvalue weighted by molar-refractivity contribution is -0.139. The second-order valence-electron chi connectivity index (χ2n) is 5.86.